The lowest BCUT2D eigenvalue weighted by Gasteiger charge is -2.35. The summed E-state index contributed by atoms with van der Waals surface area (Å²) in [5.41, 5.74) is 7.08. The minimum absolute atomic E-state index is 0.0166. The number of likely N-dealkylation sites (N-methyl/N-ethyl adjacent to an activating group) is 1. The van der Waals surface area contributed by atoms with E-state index in [9.17, 15) is 19.2 Å². The van der Waals surface area contributed by atoms with Gasteiger partial charge in [-0.3, -0.25) is 14.4 Å². The molecule has 4 N–H and O–H groups in total. The van der Waals surface area contributed by atoms with Crippen LogP contribution in [0.25, 0.3) is 0 Å². The maximum atomic E-state index is 13.8. The van der Waals surface area contributed by atoms with E-state index in [0.29, 0.717) is 5.56 Å². The highest BCUT2D eigenvalue weighted by Crippen LogP contribution is 2.27. The number of aryl methyl sites for hydroxylation is 2. The van der Waals surface area contributed by atoms with Gasteiger partial charge in [0.05, 0.1) is 0 Å². The highest BCUT2D eigenvalue weighted by Gasteiger charge is 2.36. The van der Waals surface area contributed by atoms with Crippen molar-refractivity contribution in [3.63, 3.8) is 0 Å². The van der Waals surface area contributed by atoms with Crippen LogP contribution in [0.15, 0.2) is 18.2 Å². The molecule has 0 saturated heterocycles. The summed E-state index contributed by atoms with van der Waals surface area (Å²) in [6.07, 6.45) is 0.786. The average Bonchev–Trinajstić information content (AvgIpc) is 2.75. The molecule has 1 rings (SSSR count). The molecule has 0 spiro atoms. The van der Waals surface area contributed by atoms with Crippen LogP contribution in [0.5, 0.6) is 0 Å². The van der Waals surface area contributed by atoms with Crippen LogP contribution in [-0.2, 0) is 19.1 Å². The zero-order valence-electron chi connectivity index (χ0n) is 23.1. The van der Waals surface area contributed by atoms with Crippen LogP contribution in [0.3, 0.4) is 0 Å². The van der Waals surface area contributed by atoms with Crippen LogP contribution in [0, 0.1) is 13.8 Å². The monoisotopic (exact) mass is 504 g/mol. The van der Waals surface area contributed by atoms with E-state index in [-0.39, 0.29) is 31.3 Å². The standard InChI is InChI=1S/C27H44N4O5/c1-9-11-19(5)29-24(33)23(20-16-17(3)12-13-18(20)4)31(10-2)25(34)21(14-15-22(28)32)30-26(35)36-27(6,7)8/h12-13,16,19,21,23H,9-11,14-15H2,1-8H3,(H2,28,32)(H,29,33)(H,30,35). The normalized spacial score (nSPS) is 13.8. The largest absolute Gasteiger partial charge is 0.444 e. The Morgan fingerprint density at radius 1 is 1.06 bits per heavy atom. The van der Waals surface area contributed by atoms with Gasteiger partial charge in [-0.1, -0.05) is 37.1 Å². The first-order chi connectivity index (χ1) is 16.7. The molecule has 0 aromatic heterocycles. The van der Waals surface area contributed by atoms with Crippen molar-refractivity contribution in [2.24, 2.45) is 5.73 Å². The van der Waals surface area contributed by atoms with Crippen molar-refractivity contribution in [1.29, 1.82) is 0 Å². The Morgan fingerprint density at radius 3 is 2.22 bits per heavy atom. The number of carbonyl (C=O) groups is 4. The van der Waals surface area contributed by atoms with Gasteiger partial charge in [0.25, 0.3) is 0 Å². The van der Waals surface area contributed by atoms with E-state index in [0.717, 1.165) is 24.0 Å². The smallest absolute Gasteiger partial charge is 0.408 e. The fourth-order valence-corrected chi connectivity index (χ4v) is 3.99. The average molecular weight is 505 g/mol. The first kappa shape index (κ1) is 30.9. The number of carbonyl (C=O) groups excluding carboxylic acids is 4. The third-order valence-corrected chi connectivity index (χ3v) is 5.69. The third-order valence-electron chi connectivity index (χ3n) is 5.69. The number of nitrogens with two attached hydrogens (primary N) is 1. The molecule has 3 atom stereocenters. The number of nitrogens with zero attached hydrogens (tertiary/aromatic N) is 1. The number of benzene rings is 1. The van der Waals surface area contributed by atoms with Crippen molar-refractivity contribution < 1.29 is 23.9 Å². The lowest BCUT2D eigenvalue weighted by Crippen LogP contribution is -2.53. The summed E-state index contributed by atoms with van der Waals surface area (Å²) in [5.74, 6) is -1.39. The van der Waals surface area contributed by atoms with Gasteiger partial charge in [-0.25, -0.2) is 4.79 Å². The summed E-state index contributed by atoms with van der Waals surface area (Å²) >= 11 is 0. The number of nitrogens with one attached hydrogen (secondary N) is 2. The van der Waals surface area contributed by atoms with E-state index >= 15 is 0 Å². The van der Waals surface area contributed by atoms with Crippen molar-refractivity contribution in [3.05, 3.63) is 34.9 Å². The molecule has 3 unspecified atom stereocenters. The second-order valence-electron chi connectivity index (χ2n) is 10.3. The third kappa shape index (κ3) is 9.87. The minimum Gasteiger partial charge on any atom is -0.444 e. The molecular weight excluding hydrogens is 460 g/mol. The quantitative estimate of drug-likeness (QED) is 0.400. The van der Waals surface area contributed by atoms with Gasteiger partial charge < -0.3 is 26.0 Å². The van der Waals surface area contributed by atoms with E-state index in [2.05, 4.69) is 10.6 Å². The second-order valence-corrected chi connectivity index (χ2v) is 10.3. The highest BCUT2D eigenvalue weighted by atomic mass is 16.6. The number of hydrogen-bond donors (Lipinski definition) is 3. The zero-order valence-corrected chi connectivity index (χ0v) is 23.1. The first-order valence-corrected chi connectivity index (χ1v) is 12.7. The lowest BCUT2D eigenvalue weighted by molar-refractivity contribution is -0.142. The van der Waals surface area contributed by atoms with E-state index in [1.165, 1.54) is 4.90 Å². The Morgan fingerprint density at radius 2 is 1.69 bits per heavy atom. The van der Waals surface area contributed by atoms with E-state index in [1.54, 1.807) is 27.7 Å². The van der Waals surface area contributed by atoms with E-state index < -0.39 is 35.6 Å². The number of hydrogen-bond acceptors (Lipinski definition) is 5. The molecule has 0 radical (unpaired) electrons. The molecule has 1 aromatic rings. The molecule has 1 aromatic carbocycles. The number of ether oxygens (including phenoxy) is 1. The molecule has 0 aliphatic carbocycles. The SMILES string of the molecule is CCCC(C)NC(=O)C(c1cc(C)ccc1C)N(CC)C(=O)C(CCC(N)=O)NC(=O)OC(C)(C)C. The Labute approximate surface area is 215 Å². The molecule has 202 valence electrons. The van der Waals surface area contributed by atoms with Gasteiger partial charge in [0, 0.05) is 19.0 Å². The molecule has 0 aliphatic heterocycles. The van der Waals surface area contributed by atoms with Gasteiger partial charge in [-0.2, -0.15) is 0 Å². The van der Waals surface area contributed by atoms with Crippen molar-refractivity contribution in [1.82, 2.24) is 15.5 Å². The minimum atomic E-state index is -1.10. The van der Waals surface area contributed by atoms with Crippen LogP contribution >= 0.6 is 0 Å². The molecule has 9 nitrogen and oxygen atoms in total. The topological polar surface area (TPSA) is 131 Å². The molecule has 0 aliphatic rings. The van der Waals surface area contributed by atoms with Gasteiger partial charge >= 0.3 is 6.09 Å². The van der Waals surface area contributed by atoms with Gasteiger partial charge in [0.1, 0.15) is 17.7 Å². The molecule has 36 heavy (non-hydrogen) atoms. The molecule has 0 fully saturated rings. The van der Waals surface area contributed by atoms with E-state index in [4.69, 9.17) is 10.5 Å². The Balaban J connectivity index is 3.45. The van der Waals surface area contributed by atoms with Crippen molar-refractivity contribution in [2.45, 2.75) is 105 Å². The molecule has 0 heterocycles. The van der Waals surface area contributed by atoms with Crippen molar-refractivity contribution >= 4 is 23.8 Å². The van der Waals surface area contributed by atoms with Crippen LogP contribution in [0.2, 0.25) is 0 Å². The summed E-state index contributed by atoms with van der Waals surface area (Å²) in [6, 6.07) is 3.68. The van der Waals surface area contributed by atoms with Crippen LogP contribution in [0.1, 0.15) is 90.0 Å². The summed E-state index contributed by atoms with van der Waals surface area (Å²) in [4.78, 5) is 52.9. The fourth-order valence-electron chi connectivity index (χ4n) is 3.99. The Kier molecular flexibility index (Phi) is 11.9. The summed E-state index contributed by atoms with van der Waals surface area (Å²) in [7, 11) is 0. The fraction of sp³-hybridized carbons (Fsp3) is 0.630. The molecule has 4 amide bonds. The number of amides is 4. The van der Waals surface area contributed by atoms with Crippen LogP contribution in [-0.4, -0.2) is 52.9 Å². The van der Waals surface area contributed by atoms with Crippen molar-refractivity contribution in [3.8, 4) is 0 Å². The predicted molar refractivity (Wildman–Crippen MR) is 140 cm³/mol. The van der Waals surface area contributed by atoms with E-state index in [1.807, 2.05) is 45.9 Å². The Hall–Kier alpha value is -3.10. The summed E-state index contributed by atoms with van der Waals surface area (Å²) in [5, 5.41) is 5.62. The maximum Gasteiger partial charge on any atom is 0.408 e. The summed E-state index contributed by atoms with van der Waals surface area (Å²) < 4.78 is 5.33. The van der Waals surface area contributed by atoms with Gasteiger partial charge in [0.15, 0.2) is 0 Å². The molecule has 0 saturated carbocycles. The second kappa shape index (κ2) is 13.8. The zero-order chi connectivity index (χ0) is 27.6. The maximum absolute atomic E-state index is 13.8. The van der Waals surface area contributed by atoms with Crippen molar-refractivity contribution in [2.75, 3.05) is 6.54 Å². The van der Waals surface area contributed by atoms with Gasteiger partial charge in [-0.05, 0) is 72.4 Å². The lowest BCUT2D eigenvalue weighted by atomic mass is 9.95. The molecule has 0 bridgehead atoms. The molecule has 9 heteroatoms. The van der Waals surface area contributed by atoms with Gasteiger partial charge in [0.2, 0.25) is 17.7 Å². The number of alkyl carbamates (subject to hydrolysis) is 1. The predicted octanol–water partition coefficient (Wildman–Crippen LogP) is 3.66. The van der Waals surface area contributed by atoms with Gasteiger partial charge in [-0.15, -0.1) is 0 Å². The van der Waals surface area contributed by atoms with Crippen LogP contribution in [0.4, 0.5) is 4.79 Å². The number of primary amides is 1. The summed E-state index contributed by atoms with van der Waals surface area (Å²) in [6.45, 7) is 14.9. The number of rotatable bonds is 12. The molecular formula is C27H44N4O5. The highest BCUT2D eigenvalue weighted by molar-refractivity contribution is 5.92. The Bertz CT molecular complexity index is 925. The van der Waals surface area contributed by atoms with Crippen LogP contribution < -0.4 is 16.4 Å². The first-order valence-electron chi connectivity index (χ1n) is 12.7.